The number of carboxylic acids is 1. The van der Waals surface area contributed by atoms with E-state index >= 15 is 0 Å². The fraction of sp³-hybridized carbons (Fsp3) is 0.317. The van der Waals surface area contributed by atoms with Crippen molar-refractivity contribution in [1.29, 1.82) is 0 Å². The van der Waals surface area contributed by atoms with Crippen LogP contribution in [-0.4, -0.2) is 58.9 Å². The lowest BCUT2D eigenvalue weighted by atomic mass is 9.87. The molecule has 0 radical (unpaired) electrons. The van der Waals surface area contributed by atoms with E-state index in [2.05, 4.69) is 33.4 Å². The Bertz CT molecular complexity index is 1880. The molecule has 0 spiro atoms. The summed E-state index contributed by atoms with van der Waals surface area (Å²) in [5.41, 5.74) is 7.27. The van der Waals surface area contributed by atoms with Crippen molar-refractivity contribution in [3.8, 4) is 0 Å². The van der Waals surface area contributed by atoms with Gasteiger partial charge in [0.2, 0.25) is 17.7 Å². The van der Waals surface area contributed by atoms with Gasteiger partial charge in [0.05, 0.1) is 17.6 Å². The molecule has 51 heavy (non-hydrogen) atoms. The summed E-state index contributed by atoms with van der Waals surface area (Å²) in [6.45, 7) is 2.51. The first-order valence-corrected chi connectivity index (χ1v) is 17.6. The number of rotatable bonds is 12. The molecule has 0 aromatic heterocycles. The molecule has 3 amide bonds. The maximum absolute atomic E-state index is 14.6. The van der Waals surface area contributed by atoms with Gasteiger partial charge in [-0.1, -0.05) is 72.8 Å². The number of carbonyl (C=O) groups excluding carboxylic acids is 3. The molecule has 0 saturated carbocycles. The molecule has 4 aromatic carbocycles. The summed E-state index contributed by atoms with van der Waals surface area (Å²) in [6, 6.07) is 28.2. The maximum Gasteiger partial charge on any atom is 0.335 e. The fourth-order valence-corrected chi connectivity index (χ4v) is 6.95. The molecule has 4 atom stereocenters. The Kier molecular flexibility index (Phi) is 11.1. The smallest absolute Gasteiger partial charge is 0.335 e. The van der Waals surface area contributed by atoms with Crippen LogP contribution in [0.25, 0.3) is 0 Å². The van der Waals surface area contributed by atoms with E-state index in [1.54, 1.807) is 43.1 Å². The second-order valence-corrected chi connectivity index (χ2v) is 13.4. The van der Waals surface area contributed by atoms with Gasteiger partial charge < -0.3 is 31.3 Å². The van der Waals surface area contributed by atoms with Crippen LogP contribution in [-0.2, 0) is 46.7 Å². The van der Waals surface area contributed by atoms with Crippen molar-refractivity contribution in [2.75, 3.05) is 12.4 Å². The minimum absolute atomic E-state index is 0.125. The van der Waals surface area contributed by atoms with Gasteiger partial charge in [0.15, 0.2) is 0 Å². The molecule has 2 aliphatic rings. The zero-order valence-corrected chi connectivity index (χ0v) is 29.0. The van der Waals surface area contributed by atoms with Gasteiger partial charge in [-0.2, -0.15) is 0 Å². The summed E-state index contributed by atoms with van der Waals surface area (Å²) < 4.78 is 0. The Balaban J connectivity index is 1.21. The molecule has 1 aliphatic carbocycles. The lowest BCUT2D eigenvalue weighted by Gasteiger charge is -2.39. The summed E-state index contributed by atoms with van der Waals surface area (Å²) >= 11 is 0. The third-order valence-electron chi connectivity index (χ3n) is 10.1. The molecule has 4 aromatic rings. The highest BCUT2D eigenvalue weighted by Gasteiger charge is 2.39. The van der Waals surface area contributed by atoms with Gasteiger partial charge in [-0.05, 0) is 90.9 Å². The number of hydrogen-bond donors (Lipinski definition) is 5. The monoisotopic (exact) mass is 687 g/mol. The number of likely N-dealkylation sites (N-methyl/N-ethyl adjacent to an activating group) is 1. The summed E-state index contributed by atoms with van der Waals surface area (Å²) in [5, 5.41) is 21.7. The highest BCUT2D eigenvalue weighted by molar-refractivity contribution is 5.94. The number of carbonyl (C=O) groups is 4. The highest BCUT2D eigenvalue weighted by atomic mass is 16.4. The molecule has 0 unspecified atom stereocenters. The van der Waals surface area contributed by atoms with Gasteiger partial charge in [0, 0.05) is 31.6 Å². The number of fused-ring (bicyclic) bond motifs is 2. The Hall–Kier alpha value is -5.48. The highest BCUT2D eigenvalue weighted by Crippen LogP contribution is 2.31. The van der Waals surface area contributed by atoms with Crippen LogP contribution in [0.2, 0.25) is 0 Å². The number of nitrogens with zero attached hydrogens (tertiary/aromatic N) is 1. The van der Waals surface area contributed by atoms with Crippen molar-refractivity contribution in [1.82, 2.24) is 20.9 Å². The summed E-state index contributed by atoms with van der Waals surface area (Å²) in [7, 11) is 1.69. The van der Waals surface area contributed by atoms with Crippen molar-refractivity contribution in [2.45, 2.75) is 76.3 Å². The van der Waals surface area contributed by atoms with Crippen molar-refractivity contribution in [3.05, 3.63) is 136 Å². The average molecular weight is 688 g/mol. The van der Waals surface area contributed by atoms with Crippen LogP contribution < -0.4 is 21.3 Å². The molecule has 0 bridgehead atoms. The predicted molar refractivity (Wildman–Crippen MR) is 196 cm³/mol. The Morgan fingerprint density at radius 3 is 2.22 bits per heavy atom. The van der Waals surface area contributed by atoms with E-state index in [9.17, 15) is 19.2 Å². The van der Waals surface area contributed by atoms with Gasteiger partial charge in [-0.25, -0.2) is 4.79 Å². The Labute approximate surface area is 298 Å². The molecule has 6 rings (SSSR count). The quantitative estimate of drug-likeness (QED) is 0.145. The molecule has 1 heterocycles. The van der Waals surface area contributed by atoms with Crippen LogP contribution in [0.5, 0.6) is 0 Å². The van der Waals surface area contributed by atoms with E-state index < -0.39 is 24.1 Å². The Morgan fingerprint density at radius 1 is 0.843 bits per heavy atom. The van der Waals surface area contributed by atoms with Gasteiger partial charge in [0.25, 0.3) is 0 Å². The molecule has 5 N–H and O–H groups in total. The third kappa shape index (κ3) is 8.46. The van der Waals surface area contributed by atoms with Crippen LogP contribution in [0, 0.1) is 0 Å². The number of nitrogens with one attached hydrogen (secondary N) is 4. The van der Waals surface area contributed by atoms with Crippen LogP contribution >= 0.6 is 0 Å². The van der Waals surface area contributed by atoms with Crippen molar-refractivity contribution in [2.24, 2.45) is 0 Å². The van der Waals surface area contributed by atoms with E-state index in [-0.39, 0.29) is 42.3 Å². The standard InChI is InChI=1S/C41H45N5O5/c1-26(42-2)38(47)45-36(22-27-16-20-33(21-17-27)43-24-28-14-18-30(19-15-28)41(50)51)40(49)46-25-32-10-4-3-9-31(32)23-37(46)39(48)44-35-13-7-11-29-8-5-6-12-34(29)35/h3-6,8-10,12,14-21,26,35-37,42-43H,7,11,13,22-25H2,1-2H3,(H,44,48)(H,45,47)(H,50,51)/t26-,35+,36-,37-/m0/s1. The maximum atomic E-state index is 14.6. The molecule has 10 nitrogen and oxygen atoms in total. The minimum Gasteiger partial charge on any atom is -0.478 e. The second kappa shape index (κ2) is 16.0. The zero-order chi connectivity index (χ0) is 35.9. The van der Waals surface area contributed by atoms with Crippen molar-refractivity contribution in [3.63, 3.8) is 0 Å². The number of amides is 3. The summed E-state index contributed by atoms with van der Waals surface area (Å²) in [4.78, 5) is 54.8. The fourth-order valence-electron chi connectivity index (χ4n) is 6.95. The molecule has 0 saturated heterocycles. The molecule has 1 aliphatic heterocycles. The Morgan fingerprint density at radius 2 is 1.51 bits per heavy atom. The predicted octanol–water partition coefficient (Wildman–Crippen LogP) is 4.78. The first-order chi connectivity index (χ1) is 24.7. The van der Waals surface area contributed by atoms with Gasteiger partial charge >= 0.3 is 5.97 Å². The second-order valence-electron chi connectivity index (χ2n) is 13.4. The lowest BCUT2D eigenvalue weighted by molar-refractivity contribution is -0.145. The van der Waals surface area contributed by atoms with Crippen molar-refractivity contribution >= 4 is 29.4 Å². The van der Waals surface area contributed by atoms with E-state index in [0.29, 0.717) is 13.0 Å². The first kappa shape index (κ1) is 35.3. The average Bonchev–Trinajstić information content (AvgIpc) is 3.16. The van der Waals surface area contributed by atoms with E-state index in [4.69, 9.17) is 5.11 Å². The molecular formula is C41H45N5O5. The topological polar surface area (TPSA) is 140 Å². The summed E-state index contributed by atoms with van der Waals surface area (Å²) in [6.07, 6.45) is 3.41. The van der Waals surface area contributed by atoms with Gasteiger partial charge in [-0.15, -0.1) is 0 Å². The first-order valence-electron chi connectivity index (χ1n) is 17.6. The van der Waals surface area contributed by atoms with E-state index in [1.807, 2.05) is 60.7 Å². The van der Waals surface area contributed by atoms with Gasteiger partial charge in [0.1, 0.15) is 12.1 Å². The van der Waals surface area contributed by atoms with Crippen LogP contribution in [0.4, 0.5) is 5.69 Å². The number of anilines is 1. The SMILES string of the molecule is CN[C@@H](C)C(=O)N[C@@H](Cc1ccc(NCc2ccc(C(=O)O)cc2)cc1)C(=O)N1Cc2ccccc2C[C@H]1C(=O)N[C@@H]1CCCc2ccccc21. The number of benzene rings is 4. The number of aryl methyl sites for hydroxylation is 1. The lowest BCUT2D eigenvalue weighted by Crippen LogP contribution is -2.59. The molecule has 0 fully saturated rings. The molecular weight excluding hydrogens is 642 g/mol. The number of hydrogen-bond acceptors (Lipinski definition) is 6. The van der Waals surface area contributed by atoms with Crippen molar-refractivity contribution < 1.29 is 24.3 Å². The normalized spacial score (nSPS) is 17.6. The summed E-state index contributed by atoms with van der Waals surface area (Å²) in [5.74, 6) is -1.77. The molecule has 264 valence electrons. The van der Waals surface area contributed by atoms with Gasteiger partial charge in [-0.3, -0.25) is 14.4 Å². The van der Waals surface area contributed by atoms with E-state index in [1.165, 1.54) is 5.56 Å². The minimum atomic E-state index is -0.965. The number of aromatic carboxylic acids is 1. The van der Waals surface area contributed by atoms with Crippen LogP contribution in [0.1, 0.15) is 69.5 Å². The number of carboxylic acid groups (broad SMARTS) is 1. The third-order valence-corrected chi connectivity index (χ3v) is 10.1. The van der Waals surface area contributed by atoms with Crippen LogP contribution in [0.3, 0.4) is 0 Å². The van der Waals surface area contributed by atoms with Crippen LogP contribution in [0.15, 0.2) is 97.1 Å². The zero-order valence-electron chi connectivity index (χ0n) is 29.0. The van der Waals surface area contributed by atoms with E-state index in [0.717, 1.165) is 52.8 Å². The molecule has 10 heteroatoms. The largest absolute Gasteiger partial charge is 0.478 e.